The van der Waals surface area contributed by atoms with Crippen LogP contribution in [0.25, 0.3) is 16.7 Å². The van der Waals surface area contributed by atoms with E-state index in [1.54, 1.807) is 24.4 Å². The molecule has 3 N–H and O–H groups in total. The number of carbonyl (C=O) groups excluding carboxylic acids is 1. The van der Waals surface area contributed by atoms with Crippen molar-refractivity contribution in [1.29, 1.82) is 5.26 Å². The second-order valence-corrected chi connectivity index (χ2v) is 11.3. The van der Waals surface area contributed by atoms with Gasteiger partial charge in [-0.1, -0.05) is 38.5 Å². The van der Waals surface area contributed by atoms with Crippen molar-refractivity contribution in [2.45, 2.75) is 64.5 Å². The minimum Gasteiger partial charge on any atom is -0.405 e. The number of ketones is 1. The Morgan fingerprint density at radius 2 is 1.93 bits per heavy atom. The maximum absolute atomic E-state index is 13.2. The van der Waals surface area contributed by atoms with Gasteiger partial charge in [0.25, 0.3) is 0 Å². The first-order valence-corrected chi connectivity index (χ1v) is 14.5. The number of nitrogens with two attached hydrogens (primary N) is 1. The number of para-hydroxylation sites is 2. The number of alkyl halides is 3. The summed E-state index contributed by atoms with van der Waals surface area (Å²) in [6, 6.07) is 13.1. The predicted molar refractivity (Wildman–Crippen MR) is 156 cm³/mol. The van der Waals surface area contributed by atoms with Crippen LogP contribution in [0.1, 0.15) is 57.1 Å². The molecule has 0 radical (unpaired) electrons. The van der Waals surface area contributed by atoms with Gasteiger partial charge in [-0.3, -0.25) is 4.79 Å². The SMILES string of the molecule is CCC1CC(OCC(C(=O)C2CC2)=C(N)c2ccccc2OC(F)(F)F)CC(C)C1Nc1cnc2c(C#N)cccc2n1. The number of anilines is 1. The van der Waals surface area contributed by atoms with Gasteiger partial charge in [-0.25, -0.2) is 9.97 Å². The summed E-state index contributed by atoms with van der Waals surface area (Å²) in [7, 11) is 0. The lowest BCUT2D eigenvalue weighted by Gasteiger charge is -2.41. The van der Waals surface area contributed by atoms with Crippen LogP contribution >= 0.6 is 0 Å². The summed E-state index contributed by atoms with van der Waals surface area (Å²) in [6.07, 6.45) is 0.307. The number of hydrogen-bond acceptors (Lipinski definition) is 8. The van der Waals surface area contributed by atoms with Crippen molar-refractivity contribution in [3.63, 3.8) is 0 Å². The Labute approximate surface area is 248 Å². The number of benzene rings is 2. The van der Waals surface area contributed by atoms with Crippen molar-refractivity contribution in [3.8, 4) is 11.8 Å². The van der Waals surface area contributed by atoms with Crippen LogP contribution in [-0.4, -0.2) is 40.9 Å². The Morgan fingerprint density at radius 3 is 2.63 bits per heavy atom. The minimum absolute atomic E-state index is 0.0125. The maximum atomic E-state index is 13.2. The van der Waals surface area contributed by atoms with Crippen molar-refractivity contribution in [2.75, 3.05) is 11.9 Å². The third-order valence-electron chi connectivity index (χ3n) is 8.29. The van der Waals surface area contributed by atoms with Gasteiger partial charge < -0.3 is 20.5 Å². The Morgan fingerprint density at radius 1 is 1.16 bits per heavy atom. The van der Waals surface area contributed by atoms with E-state index in [-0.39, 0.29) is 59.1 Å². The molecule has 1 heterocycles. The zero-order chi connectivity index (χ0) is 30.7. The quantitative estimate of drug-likeness (QED) is 0.260. The fourth-order valence-corrected chi connectivity index (χ4v) is 5.94. The molecule has 3 aromatic rings. The highest BCUT2D eigenvalue weighted by Gasteiger charge is 2.38. The number of fused-ring (bicyclic) bond motifs is 1. The summed E-state index contributed by atoms with van der Waals surface area (Å²) in [5.74, 6) is 0.190. The fraction of sp³-hybridized carbons (Fsp3) is 0.438. The van der Waals surface area contributed by atoms with Gasteiger partial charge in [-0.05, 0) is 61.8 Å². The molecule has 2 aromatic carbocycles. The van der Waals surface area contributed by atoms with Crippen molar-refractivity contribution < 1.29 is 27.4 Å². The number of aromatic nitrogens is 2. The lowest BCUT2D eigenvalue weighted by molar-refractivity contribution is -0.274. The van der Waals surface area contributed by atoms with Gasteiger partial charge in [-0.15, -0.1) is 13.2 Å². The van der Waals surface area contributed by atoms with E-state index in [4.69, 9.17) is 10.5 Å². The van der Waals surface area contributed by atoms with Gasteiger partial charge in [0.2, 0.25) is 0 Å². The summed E-state index contributed by atoms with van der Waals surface area (Å²) < 4.78 is 49.7. The number of nitriles is 1. The molecule has 226 valence electrons. The van der Waals surface area contributed by atoms with E-state index in [1.165, 1.54) is 18.2 Å². The molecule has 0 saturated heterocycles. The molecule has 2 saturated carbocycles. The van der Waals surface area contributed by atoms with Crippen LogP contribution in [0.2, 0.25) is 0 Å². The summed E-state index contributed by atoms with van der Waals surface area (Å²) in [4.78, 5) is 22.4. The van der Waals surface area contributed by atoms with E-state index in [0.29, 0.717) is 28.8 Å². The first kappa shape index (κ1) is 30.3. The molecular formula is C32H34F3N5O3. The fourth-order valence-electron chi connectivity index (χ4n) is 5.94. The number of hydrogen-bond donors (Lipinski definition) is 2. The molecule has 0 amide bonds. The maximum Gasteiger partial charge on any atom is 0.573 e. The van der Waals surface area contributed by atoms with E-state index in [0.717, 1.165) is 25.7 Å². The van der Waals surface area contributed by atoms with E-state index in [9.17, 15) is 23.2 Å². The van der Waals surface area contributed by atoms with Crippen LogP contribution in [0.3, 0.4) is 0 Å². The average Bonchev–Trinajstić information content (AvgIpc) is 3.83. The first-order chi connectivity index (χ1) is 20.6. The highest BCUT2D eigenvalue weighted by Crippen LogP contribution is 2.38. The van der Waals surface area contributed by atoms with Gasteiger partial charge in [-0.2, -0.15) is 5.26 Å². The zero-order valence-electron chi connectivity index (χ0n) is 24.0. The largest absolute Gasteiger partial charge is 0.573 e. The summed E-state index contributed by atoms with van der Waals surface area (Å²) in [5.41, 5.74) is 8.19. The van der Waals surface area contributed by atoms with Gasteiger partial charge in [0, 0.05) is 23.1 Å². The topological polar surface area (TPSA) is 123 Å². The van der Waals surface area contributed by atoms with E-state index < -0.39 is 12.1 Å². The second-order valence-electron chi connectivity index (χ2n) is 11.3. The molecule has 2 aliphatic rings. The first-order valence-electron chi connectivity index (χ1n) is 14.5. The van der Waals surface area contributed by atoms with Crippen molar-refractivity contribution in [1.82, 2.24) is 9.97 Å². The standard InChI is InChI=1S/C32H34F3N5O3/c1-3-19-14-22(13-18(2)29(19)40-27-16-38-30-21(15-36)7-6-9-25(30)39-27)42-17-24(31(41)20-11-12-20)28(37)23-8-4-5-10-26(23)43-32(33,34)35/h4-10,16,18-20,22,29H,3,11-14,17,37H2,1-2H3,(H,39,40). The zero-order valence-corrected chi connectivity index (χ0v) is 24.0. The van der Waals surface area contributed by atoms with Crippen molar-refractivity contribution in [3.05, 3.63) is 65.4 Å². The molecule has 8 nitrogen and oxygen atoms in total. The molecule has 4 unspecified atom stereocenters. The second kappa shape index (κ2) is 12.6. The molecular weight excluding hydrogens is 559 g/mol. The highest BCUT2D eigenvalue weighted by atomic mass is 19.4. The Bertz CT molecular complexity index is 1560. The molecule has 2 fully saturated rings. The normalized spacial score (nSPS) is 22.9. The number of Topliss-reactive ketones (excluding diaryl/α,β-unsaturated/α-hetero) is 1. The number of ether oxygens (including phenoxy) is 2. The van der Waals surface area contributed by atoms with Gasteiger partial charge >= 0.3 is 6.36 Å². The molecule has 0 aliphatic heterocycles. The molecule has 2 aliphatic carbocycles. The van der Waals surface area contributed by atoms with Crippen molar-refractivity contribution >= 4 is 28.3 Å². The van der Waals surface area contributed by atoms with Crippen LogP contribution in [0.4, 0.5) is 19.0 Å². The highest BCUT2D eigenvalue weighted by molar-refractivity contribution is 6.05. The molecule has 5 rings (SSSR count). The predicted octanol–water partition coefficient (Wildman–Crippen LogP) is 6.37. The Balaban J connectivity index is 1.31. The third-order valence-corrected chi connectivity index (χ3v) is 8.29. The van der Waals surface area contributed by atoms with Gasteiger partial charge in [0.05, 0.1) is 35.7 Å². The molecule has 1 aromatic heterocycles. The summed E-state index contributed by atoms with van der Waals surface area (Å²) >= 11 is 0. The lowest BCUT2D eigenvalue weighted by Crippen LogP contribution is -2.44. The summed E-state index contributed by atoms with van der Waals surface area (Å²) in [6.45, 7) is 4.14. The third kappa shape index (κ3) is 7.08. The lowest BCUT2D eigenvalue weighted by atomic mass is 9.75. The van der Waals surface area contributed by atoms with Crippen LogP contribution in [0.5, 0.6) is 5.75 Å². The molecule has 0 bridgehead atoms. The van der Waals surface area contributed by atoms with Crippen LogP contribution in [0.15, 0.2) is 54.2 Å². The molecule has 43 heavy (non-hydrogen) atoms. The number of nitrogens with zero attached hydrogens (tertiary/aromatic N) is 3. The van der Waals surface area contributed by atoms with Crippen molar-refractivity contribution in [2.24, 2.45) is 23.5 Å². The number of nitrogens with one attached hydrogen (secondary N) is 1. The van der Waals surface area contributed by atoms with E-state index >= 15 is 0 Å². The van der Waals surface area contributed by atoms with Gasteiger partial charge in [0.15, 0.2) is 5.78 Å². The van der Waals surface area contributed by atoms with Crippen LogP contribution < -0.4 is 15.8 Å². The number of rotatable bonds is 10. The molecule has 4 atom stereocenters. The smallest absolute Gasteiger partial charge is 0.405 e. The monoisotopic (exact) mass is 593 g/mol. The number of carbonyl (C=O) groups is 1. The Hall–Kier alpha value is -4.17. The van der Waals surface area contributed by atoms with E-state index in [2.05, 4.69) is 39.9 Å². The average molecular weight is 594 g/mol. The van der Waals surface area contributed by atoms with Crippen LogP contribution in [-0.2, 0) is 9.53 Å². The van der Waals surface area contributed by atoms with E-state index in [1.807, 2.05) is 6.07 Å². The molecule has 0 spiro atoms. The minimum atomic E-state index is -4.90. The Kier molecular flexibility index (Phi) is 8.87. The number of halogens is 3. The summed E-state index contributed by atoms with van der Waals surface area (Å²) in [5, 5.41) is 12.9. The molecule has 11 heteroatoms. The van der Waals surface area contributed by atoms with Gasteiger partial charge in [0.1, 0.15) is 23.2 Å². The van der Waals surface area contributed by atoms with Crippen LogP contribution in [0, 0.1) is 29.1 Å².